The Labute approximate surface area is 217 Å². The Morgan fingerprint density at radius 2 is 0.750 bits per heavy atom. The van der Waals surface area contributed by atoms with E-state index in [1.54, 1.807) is 0 Å². The molecule has 0 aliphatic heterocycles. The second kappa shape index (κ2) is 9.86. The van der Waals surface area contributed by atoms with Crippen molar-refractivity contribution in [1.82, 2.24) is 4.98 Å². The van der Waals surface area contributed by atoms with Crippen LogP contribution in [0.3, 0.4) is 0 Å². The summed E-state index contributed by atoms with van der Waals surface area (Å²) in [6, 6.07) is 9.48. The maximum Gasteiger partial charge on any atom is 0.433 e. The molecule has 0 saturated carbocycles. The van der Waals surface area contributed by atoms with Crippen molar-refractivity contribution in [3.05, 3.63) is 101 Å². The Bertz CT molecular complexity index is 1410. The van der Waals surface area contributed by atoms with E-state index in [1.807, 2.05) is 0 Å². The monoisotopic (exact) mass is 579 g/mol. The first-order chi connectivity index (χ1) is 18.4. The van der Waals surface area contributed by atoms with Crippen LogP contribution in [0.4, 0.5) is 52.7 Å². The summed E-state index contributed by atoms with van der Waals surface area (Å²) in [5.41, 5.74) is -6.52. The lowest BCUT2D eigenvalue weighted by Crippen LogP contribution is -2.11. The van der Waals surface area contributed by atoms with E-state index in [2.05, 4.69) is 4.98 Å². The molecule has 40 heavy (non-hydrogen) atoms. The molecule has 1 nitrogen and oxygen atoms in total. The van der Waals surface area contributed by atoms with Gasteiger partial charge in [0.15, 0.2) is 0 Å². The van der Waals surface area contributed by atoms with Gasteiger partial charge in [-0.3, -0.25) is 0 Å². The molecule has 0 unspecified atom stereocenters. The summed E-state index contributed by atoms with van der Waals surface area (Å²) in [6.45, 7) is 0. The summed E-state index contributed by atoms with van der Waals surface area (Å²) >= 11 is 0. The third kappa shape index (κ3) is 6.07. The van der Waals surface area contributed by atoms with Crippen LogP contribution in [0.2, 0.25) is 0 Å². The number of halogens is 12. The van der Waals surface area contributed by atoms with Gasteiger partial charge in [-0.15, -0.1) is 0 Å². The highest BCUT2D eigenvalue weighted by Crippen LogP contribution is 2.44. The zero-order chi connectivity index (χ0) is 29.7. The standard InChI is InChI=1S/C27H13F12N/c28-24(29,30)17-7-1-14(2-8-17)20-13-21(27(37,38)39)40-23(16-5-11-19(12-6-16)26(34,35)36)22(20)15-3-9-18(10-4-15)25(31,32)33/h1-13H. The summed E-state index contributed by atoms with van der Waals surface area (Å²) < 4.78 is 160. The maximum absolute atomic E-state index is 13.9. The van der Waals surface area contributed by atoms with Crippen molar-refractivity contribution >= 4 is 0 Å². The summed E-state index contributed by atoms with van der Waals surface area (Å²) in [7, 11) is 0. The third-order valence-corrected chi connectivity index (χ3v) is 5.82. The number of hydrogen-bond acceptors (Lipinski definition) is 1. The second-order valence-corrected chi connectivity index (χ2v) is 8.50. The van der Waals surface area contributed by atoms with Crippen LogP contribution >= 0.6 is 0 Å². The van der Waals surface area contributed by atoms with Crippen LogP contribution in [0.1, 0.15) is 22.4 Å². The van der Waals surface area contributed by atoms with Crippen LogP contribution < -0.4 is 0 Å². The van der Waals surface area contributed by atoms with Gasteiger partial charge in [-0.05, 0) is 59.2 Å². The van der Waals surface area contributed by atoms with Crippen LogP contribution in [-0.2, 0) is 24.7 Å². The van der Waals surface area contributed by atoms with Crippen molar-refractivity contribution in [3.8, 4) is 33.5 Å². The predicted molar refractivity (Wildman–Crippen MR) is 121 cm³/mol. The van der Waals surface area contributed by atoms with E-state index in [4.69, 9.17) is 0 Å². The van der Waals surface area contributed by atoms with E-state index >= 15 is 0 Å². The SMILES string of the molecule is FC(F)(F)c1ccc(-c2cc(C(F)(F)F)nc(-c3ccc(C(F)(F)F)cc3)c2-c2ccc(C(F)(F)F)cc2)cc1. The van der Waals surface area contributed by atoms with Gasteiger partial charge >= 0.3 is 24.7 Å². The summed E-state index contributed by atoms with van der Waals surface area (Å²) in [5.74, 6) is 0. The van der Waals surface area contributed by atoms with Crippen molar-refractivity contribution in [3.63, 3.8) is 0 Å². The van der Waals surface area contributed by atoms with Crippen molar-refractivity contribution in [2.24, 2.45) is 0 Å². The molecule has 13 heteroatoms. The van der Waals surface area contributed by atoms with Crippen molar-refractivity contribution in [2.45, 2.75) is 24.7 Å². The largest absolute Gasteiger partial charge is 0.433 e. The van der Waals surface area contributed by atoms with E-state index in [0.29, 0.717) is 42.5 Å². The first-order valence-corrected chi connectivity index (χ1v) is 11.0. The molecule has 0 amide bonds. The Hall–Kier alpha value is -4.03. The Balaban J connectivity index is 2.05. The molecule has 3 aromatic carbocycles. The molecule has 0 bridgehead atoms. The van der Waals surface area contributed by atoms with E-state index in [-0.39, 0.29) is 27.8 Å². The lowest BCUT2D eigenvalue weighted by Gasteiger charge is -2.20. The quantitative estimate of drug-likeness (QED) is 0.220. The average Bonchev–Trinajstić information content (AvgIpc) is 2.86. The third-order valence-electron chi connectivity index (χ3n) is 5.82. The van der Waals surface area contributed by atoms with Gasteiger partial charge in [0.05, 0.1) is 22.4 Å². The lowest BCUT2D eigenvalue weighted by atomic mass is 9.89. The number of aromatic nitrogens is 1. The van der Waals surface area contributed by atoms with E-state index in [1.165, 1.54) is 0 Å². The average molecular weight is 579 g/mol. The molecule has 0 spiro atoms. The van der Waals surface area contributed by atoms with Gasteiger partial charge in [0.25, 0.3) is 0 Å². The fraction of sp³-hybridized carbons (Fsp3) is 0.148. The number of hydrogen-bond donors (Lipinski definition) is 0. The van der Waals surface area contributed by atoms with Crippen molar-refractivity contribution < 1.29 is 52.7 Å². The molecular weight excluding hydrogens is 566 g/mol. The van der Waals surface area contributed by atoms with Gasteiger partial charge in [0, 0.05) is 11.1 Å². The number of alkyl halides is 12. The van der Waals surface area contributed by atoms with Crippen LogP contribution in [-0.4, -0.2) is 4.98 Å². The first kappa shape index (κ1) is 29.0. The van der Waals surface area contributed by atoms with E-state index in [9.17, 15) is 52.7 Å². The molecule has 0 atom stereocenters. The Morgan fingerprint density at radius 1 is 0.400 bits per heavy atom. The summed E-state index contributed by atoms with van der Waals surface area (Å²) in [5, 5.41) is 0. The fourth-order valence-electron chi connectivity index (χ4n) is 3.90. The van der Waals surface area contributed by atoms with Gasteiger partial charge < -0.3 is 0 Å². The highest BCUT2D eigenvalue weighted by Gasteiger charge is 2.36. The molecule has 0 aliphatic rings. The molecule has 0 fully saturated rings. The fourth-order valence-corrected chi connectivity index (χ4v) is 3.90. The highest BCUT2D eigenvalue weighted by molar-refractivity contribution is 5.93. The van der Waals surface area contributed by atoms with E-state index < -0.39 is 52.8 Å². The predicted octanol–water partition coefficient (Wildman–Crippen LogP) is 10.2. The van der Waals surface area contributed by atoms with Crippen LogP contribution in [0.5, 0.6) is 0 Å². The number of pyridine rings is 1. The van der Waals surface area contributed by atoms with Crippen molar-refractivity contribution in [2.75, 3.05) is 0 Å². The zero-order valence-electron chi connectivity index (χ0n) is 19.5. The smallest absolute Gasteiger partial charge is 0.243 e. The summed E-state index contributed by atoms with van der Waals surface area (Å²) in [4.78, 5) is 3.59. The topological polar surface area (TPSA) is 12.9 Å². The molecule has 0 saturated heterocycles. The van der Waals surface area contributed by atoms with Gasteiger partial charge in [-0.1, -0.05) is 36.4 Å². The molecule has 0 radical (unpaired) electrons. The molecule has 210 valence electrons. The molecule has 1 aromatic heterocycles. The number of benzene rings is 3. The molecule has 0 N–H and O–H groups in total. The lowest BCUT2D eigenvalue weighted by molar-refractivity contribution is -0.141. The number of rotatable bonds is 3. The molecular formula is C27H13F12N. The Kier molecular flexibility index (Phi) is 7.14. The van der Waals surface area contributed by atoms with E-state index in [0.717, 1.165) is 36.4 Å². The minimum Gasteiger partial charge on any atom is -0.243 e. The number of nitrogens with zero attached hydrogens (tertiary/aromatic N) is 1. The van der Waals surface area contributed by atoms with Gasteiger partial charge in [-0.25, -0.2) is 4.98 Å². The van der Waals surface area contributed by atoms with Crippen LogP contribution in [0.15, 0.2) is 78.9 Å². The summed E-state index contributed by atoms with van der Waals surface area (Å²) in [6.07, 6.45) is -19.4. The van der Waals surface area contributed by atoms with Gasteiger partial charge in [-0.2, -0.15) is 52.7 Å². The minimum atomic E-state index is -5.10. The van der Waals surface area contributed by atoms with Crippen LogP contribution in [0.25, 0.3) is 33.5 Å². The van der Waals surface area contributed by atoms with Gasteiger partial charge in [0.1, 0.15) is 5.69 Å². The molecule has 4 rings (SSSR count). The highest BCUT2D eigenvalue weighted by atomic mass is 19.4. The van der Waals surface area contributed by atoms with Crippen LogP contribution in [0, 0.1) is 0 Å². The second-order valence-electron chi connectivity index (χ2n) is 8.50. The molecule has 1 heterocycles. The van der Waals surface area contributed by atoms with Gasteiger partial charge in [0.2, 0.25) is 0 Å². The zero-order valence-corrected chi connectivity index (χ0v) is 19.5. The van der Waals surface area contributed by atoms with Crippen molar-refractivity contribution in [1.29, 1.82) is 0 Å². The maximum atomic E-state index is 13.9. The first-order valence-electron chi connectivity index (χ1n) is 11.0. The minimum absolute atomic E-state index is 0.112. The normalized spacial score (nSPS) is 13.0. The molecule has 0 aliphatic carbocycles. The Morgan fingerprint density at radius 3 is 1.10 bits per heavy atom. The molecule has 4 aromatic rings.